The molecule has 1 rings (SSSR count). The molecule has 0 aliphatic heterocycles. The maximum Gasteiger partial charge on any atom is 0.428 e. The third kappa shape index (κ3) is 4.44. The number of ether oxygens (including phenoxy) is 1. The number of hydrogen-bond donors (Lipinski definition) is 1. The minimum atomic E-state index is -0.539. The lowest BCUT2D eigenvalue weighted by molar-refractivity contribution is 0.0529. The van der Waals surface area contributed by atoms with Gasteiger partial charge in [0.1, 0.15) is 5.60 Å². The number of nitrogens with zero attached hydrogens (tertiary/aromatic N) is 1. The van der Waals surface area contributed by atoms with Crippen LogP contribution in [0.25, 0.3) is 0 Å². The first-order valence-electron chi connectivity index (χ1n) is 4.95. The number of hydrazone groups is 1. The lowest BCUT2D eigenvalue weighted by Crippen LogP contribution is -2.30. The summed E-state index contributed by atoms with van der Waals surface area (Å²) in [7, 11) is 0. The molecule has 5 heteroatoms. The van der Waals surface area contributed by atoms with Gasteiger partial charge in [0, 0.05) is 4.88 Å². The van der Waals surface area contributed by atoms with Gasteiger partial charge >= 0.3 is 6.09 Å². The van der Waals surface area contributed by atoms with Crippen molar-refractivity contribution in [2.45, 2.75) is 33.3 Å². The third-order valence-corrected chi connectivity index (χ3v) is 2.57. The van der Waals surface area contributed by atoms with E-state index in [-0.39, 0.29) is 0 Å². The van der Waals surface area contributed by atoms with Crippen LogP contribution in [-0.2, 0) is 4.74 Å². The largest absolute Gasteiger partial charge is 0.443 e. The maximum absolute atomic E-state index is 11.3. The van der Waals surface area contributed by atoms with Crippen LogP contribution in [0.1, 0.15) is 32.6 Å². The van der Waals surface area contributed by atoms with Gasteiger partial charge < -0.3 is 4.74 Å². The smallest absolute Gasteiger partial charge is 0.428 e. The molecule has 0 radical (unpaired) electrons. The fourth-order valence-electron chi connectivity index (χ4n) is 0.970. The van der Waals surface area contributed by atoms with E-state index in [9.17, 15) is 4.79 Å². The molecular formula is C11H16N2O2S. The van der Waals surface area contributed by atoms with Gasteiger partial charge in [0.25, 0.3) is 0 Å². The molecule has 16 heavy (non-hydrogen) atoms. The first-order chi connectivity index (χ1) is 7.38. The summed E-state index contributed by atoms with van der Waals surface area (Å²) < 4.78 is 5.05. The van der Waals surface area contributed by atoms with Gasteiger partial charge in [0.05, 0.1) is 5.71 Å². The van der Waals surface area contributed by atoms with Crippen molar-refractivity contribution in [3.05, 3.63) is 22.4 Å². The van der Waals surface area contributed by atoms with Crippen molar-refractivity contribution in [1.82, 2.24) is 5.43 Å². The second-order valence-corrected chi connectivity index (χ2v) is 5.24. The number of rotatable bonds is 2. The average Bonchev–Trinajstić information content (AvgIpc) is 2.64. The minimum absolute atomic E-state index is 0.504. The molecule has 1 aromatic heterocycles. The maximum atomic E-state index is 11.3. The van der Waals surface area contributed by atoms with Crippen LogP contribution in [0.2, 0.25) is 0 Å². The van der Waals surface area contributed by atoms with Crippen LogP contribution >= 0.6 is 11.3 Å². The summed E-state index contributed by atoms with van der Waals surface area (Å²) in [5.74, 6) is 0. The number of amides is 1. The zero-order valence-corrected chi connectivity index (χ0v) is 10.7. The van der Waals surface area contributed by atoms with E-state index in [0.717, 1.165) is 10.6 Å². The van der Waals surface area contributed by atoms with Crippen LogP contribution in [0.3, 0.4) is 0 Å². The molecule has 0 saturated heterocycles. The Balaban J connectivity index is 2.51. The Morgan fingerprint density at radius 2 is 2.19 bits per heavy atom. The zero-order chi connectivity index (χ0) is 12.2. The summed E-state index contributed by atoms with van der Waals surface area (Å²) >= 11 is 1.57. The second-order valence-electron chi connectivity index (χ2n) is 4.29. The van der Waals surface area contributed by atoms with Gasteiger partial charge in [0.15, 0.2) is 0 Å². The van der Waals surface area contributed by atoms with Crippen molar-refractivity contribution in [1.29, 1.82) is 0 Å². The Morgan fingerprint density at radius 1 is 1.50 bits per heavy atom. The molecule has 1 heterocycles. The Morgan fingerprint density at radius 3 is 2.69 bits per heavy atom. The van der Waals surface area contributed by atoms with Crippen LogP contribution in [0.15, 0.2) is 22.6 Å². The highest BCUT2D eigenvalue weighted by molar-refractivity contribution is 7.12. The Labute approximate surface area is 99.3 Å². The predicted octanol–water partition coefficient (Wildman–Crippen LogP) is 3.00. The summed E-state index contributed by atoms with van der Waals surface area (Å²) in [6.07, 6.45) is -0.539. The molecule has 1 aromatic rings. The van der Waals surface area contributed by atoms with E-state index in [1.165, 1.54) is 0 Å². The van der Waals surface area contributed by atoms with Crippen molar-refractivity contribution in [2.24, 2.45) is 5.10 Å². The van der Waals surface area contributed by atoms with Gasteiger partial charge in [0.2, 0.25) is 0 Å². The minimum Gasteiger partial charge on any atom is -0.443 e. The van der Waals surface area contributed by atoms with Crippen molar-refractivity contribution in [2.75, 3.05) is 0 Å². The van der Waals surface area contributed by atoms with Crippen LogP contribution in [0.4, 0.5) is 4.79 Å². The molecule has 0 atom stereocenters. The summed E-state index contributed by atoms with van der Waals surface area (Å²) in [5.41, 5.74) is 2.62. The molecule has 0 aromatic carbocycles. The molecule has 0 aliphatic rings. The number of carbonyl (C=O) groups excluding carboxylic acids is 1. The molecule has 0 unspecified atom stereocenters. The quantitative estimate of drug-likeness (QED) is 0.638. The van der Waals surface area contributed by atoms with Crippen molar-refractivity contribution < 1.29 is 9.53 Å². The third-order valence-electron chi connectivity index (χ3n) is 1.59. The lowest BCUT2D eigenvalue weighted by Gasteiger charge is -2.18. The molecule has 1 N–H and O–H groups in total. The van der Waals surface area contributed by atoms with E-state index in [1.807, 2.05) is 45.2 Å². The van der Waals surface area contributed by atoms with Gasteiger partial charge in [-0.05, 0) is 39.1 Å². The molecule has 0 aliphatic carbocycles. The van der Waals surface area contributed by atoms with Crippen molar-refractivity contribution in [3.63, 3.8) is 0 Å². The van der Waals surface area contributed by atoms with Crippen LogP contribution < -0.4 is 5.43 Å². The number of thiophene rings is 1. The highest BCUT2D eigenvalue weighted by Crippen LogP contribution is 2.10. The number of hydrogen-bond acceptors (Lipinski definition) is 4. The Bertz CT molecular complexity index is 377. The standard InChI is InChI=1S/C11H16N2O2S/c1-8(9-6-5-7-16-9)12-13-10(14)15-11(2,3)4/h5-7H,1-4H3,(H,13,14)/b12-8+. The van der Waals surface area contributed by atoms with E-state index in [4.69, 9.17) is 4.74 Å². The number of carbonyl (C=O) groups is 1. The average molecular weight is 240 g/mol. The monoisotopic (exact) mass is 240 g/mol. The van der Waals surface area contributed by atoms with E-state index in [0.29, 0.717) is 0 Å². The van der Waals surface area contributed by atoms with Gasteiger partial charge in [-0.25, -0.2) is 10.2 Å². The summed E-state index contributed by atoms with van der Waals surface area (Å²) in [5, 5.41) is 5.91. The van der Waals surface area contributed by atoms with Crippen LogP contribution in [0, 0.1) is 0 Å². The lowest BCUT2D eigenvalue weighted by atomic mass is 10.2. The van der Waals surface area contributed by atoms with E-state index in [2.05, 4.69) is 10.5 Å². The summed E-state index contributed by atoms with van der Waals surface area (Å²) in [6, 6.07) is 3.88. The van der Waals surface area contributed by atoms with Crippen LogP contribution in [0.5, 0.6) is 0 Å². The zero-order valence-electron chi connectivity index (χ0n) is 9.90. The van der Waals surface area contributed by atoms with Gasteiger partial charge in [-0.15, -0.1) is 11.3 Å². The second kappa shape index (κ2) is 5.12. The fourth-order valence-corrected chi connectivity index (χ4v) is 1.65. The normalized spacial score (nSPS) is 12.4. The molecule has 1 amide bonds. The van der Waals surface area contributed by atoms with Gasteiger partial charge in [-0.2, -0.15) is 5.10 Å². The summed E-state index contributed by atoms with van der Waals surface area (Å²) in [4.78, 5) is 12.3. The molecule has 0 saturated carbocycles. The highest BCUT2D eigenvalue weighted by atomic mass is 32.1. The highest BCUT2D eigenvalue weighted by Gasteiger charge is 2.15. The van der Waals surface area contributed by atoms with Gasteiger partial charge in [-0.3, -0.25) is 0 Å². The molecular weight excluding hydrogens is 224 g/mol. The van der Waals surface area contributed by atoms with E-state index >= 15 is 0 Å². The topological polar surface area (TPSA) is 50.7 Å². The summed E-state index contributed by atoms with van der Waals surface area (Å²) in [6.45, 7) is 7.26. The van der Waals surface area contributed by atoms with Crippen molar-refractivity contribution >= 4 is 23.1 Å². The van der Waals surface area contributed by atoms with Crippen molar-refractivity contribution in [3.8, 4) is 0 Å². The molecule has 0 fully saturated rings. The molecule has 4 nitrogen and oxygen atoms in total. The SMILES string of the molecule is C/C(=N\NC(=O)OC(C)(C)C)c1cccs1. The Kier molecular flexibility index (Phi) is 4.06. The number of nitrogens with one attached hydrogen (secondary N) is 1. The van der Waals surface area contributed by atoms with Crippen LogP contribution in [-0.4, -0.2) is 17.4 Å². The first kappa shape index (κ1) is 12.7. The molecule has 88 valence electrons. The Hall–Kier alpha value is -1.36. The van der Waals surface area contributed by atoms with E-state index < -0.39 is 11.7 Å². The molecule has 0 bridgehead atoms. The first-order valence-corrected chi connectivity index (χ1v) is 5.83. The molecule has 0 spiro atoms. The predicted molar refractivity (Wildman–Crippen MR) is 65.9 cm³/mol. The fraction of sp³-hybridized carbons (Fsp3) is 0.455. The van der Waals surface area contributed by atoms with E-state index in [1.54, 1.807) is 11.3 Å². The van der Waals surface area contributed by atoms with Gasteiger partial charge in [-0.1, -0.05) is 6.07 Å².